The highest BCUT2D eigenvalue weighted by Gasteiger charge is 2.67. The number of rotatable bonds is 4. The second kappa shape index (κ2) is 7.78. The number of halogens is 4. The minimum Gasteiger partial charge on any atom is -0.289 e. The number of imide groups is 1. The summed E-state index contributed by atoms with van der Waals surface area (Å²) in [5.74, 6) is -1.76. The topological polar surface area (TPSA) is 57.7 Å². The minimum absolute atomic E-state index is 0.0189. The van der Waals surface area contributed by atoms with Crippen LogP contribution < -0.4 is 4.90 Å². The molecule has 1 saturated heterocycles. The number of likely N-dealkylation sites (tertiary alicyclic amines) is 1. The molecule has 7 rings (SSSR count). The molecule has 2 saturated carbocycles. The lowest BCUT2D eigenvalue weighted by molar-refractivity contribution is -0.140. The average molecular weight is 545 g/mol. The van der Waals surface area contributed by atoms with E-state index in [0.717, 1.165) is 22.3 Å². The Morgan fingerprint density at radius 1 is 0.943 bits per heavy atom. The van der Waals surface area contributed by atoms with Crippen LogP contribution in [0.3, 0.4) is 0 Å². The molecule has 0 spiro atoms. The summed E-state index contributed by atoms with van der Waals surface area (Å²) in [6, 6.07) is 10.9. The summed E-state index contributed by atoms with van der Waals surface area (Å²) in [7, 11) is 0. The first-order valence-corrected chi connectivity index (χ1v) is 12.2. The zero-order valence-corrected chi connectivity index (χ0v) is 19.9. The van der Waals surface area contributed by atoms with Crippen molar-refractivity contribution in [2.24, 2.45) is 35.5 Å². The van der Waals surface area contributed by atoms with Crippen LogP contribution in [-0.2, 0) is 15.8 Å². The Balaban J connectivity index is 1.39. The Morgan fingerprint density at radius 3 is 2.09 bits per heavy atom. The van der Waals surface area contributed by atoms with Crippen LogP contribution in [0.2, 0.25) is 0 Å². The number of hydrogen-bond acceptors (Lipinski definition) is 3. The SMILES string of the molecule is O=C1C2C3C=CC(C4CC34)C2C(=O)N1CN(C(=O)c1ccc(Br)cc1)c1ccccc1C(F)(F)F. The van der Waals surface area contributed by atoms with Crippen LogP contribution in [0.4, 0.5) is 18.9 Å². The van der Waals surface area contributed by atoms with Gasteiger partial charge in [0.15, 0.2) is 0 Å². The number of nitrogens with zero attached hydrogens (tertiary/aromatic N) is 2. The molecule has 6 unspecified atom stereocenters. The first-order valence-electron chi connectivity index (χ1n) is 11.4. The van der Waals surface area contributed by atoms with Gasteiger partial charge in [-0.3, -0.25) is 24.2 Å². The smallest absolute Gasteiger partial charge is 0.289 e. The van der Waals surface area contributed by atoms with Gasteiger partial charge in [-0.05, 0) is 66.5 Å². The lowest BCUT2D eigenvalue weighted by atomic mass is 9.63. The fourth-order valence-electron chi connectivity index (χ4n) is 6.25. The third kappa shape index (κ3) is 3.46. The van der Waals surface area contributed by atoms with Crippen molar-refractivity contribution in [1.29, 1.82) is 0 Å². The Morgan fingerprint density at radius 2 is 1.51 bits per heavy atom. The quantitative estimate of drug-likeness (QED) is 0.396. The maximum atomic E-state index is 13.9. The number of amides is 3. The van der Waals surface area contributed by atoms with Gasteiger partial charge >= 0.3 is 6.18 Å². The van der Waals surface area contributed by atoms with E-state index in [-0.39, 0.29) is 17.4 Å². The van der Waals surface area contributed by atoms with Crippen LogP contribution in [0, 0.1) is 35.5 Å². The van der Waals surface area contributed by atoms with Crippen LogP contribution in [0.5, 0.6) is 0 Å². The van der Waals surface area contributed by atoms with E-state index in [2.05, 4.69) is 15.9 Å². The second-order valence-electron chi connectivity index (χ2n) is 9.66. The Kier molecular flexibility index (Phi) is 5.01. The average Bonchev–Trinajstić information content (AvgIpc) is 3.62. The number of benzene rings is 2. The normalized spacial score (nSPS) is 30.3. The highest BCUT2D eigenvalue weighted by molar-refractivity contribution is 9.10. The largest absolute Gasteiger partial charge is 0.418 e. The number of carbonyl (C=O) groups is 3. The van der Waals surface area contributed by atoms with E-state index >= 15 is 0 Å². The number of carbonyl (C=O) groups excluding carboxylic acids is 3. The van der Waals surface area contributed by atoms with Gasteiger partial charge in [0, 0.05) is 10.0 Å². The molecule has 1 aliphatic heterocycles. The van der Waals surface area contributed by atoms with Crippen molar-refractivity contribution in [3.05, 3.63) is 76.3 Å². The summed E-state index contributed by atoms with van der Waals surface area (Å²) >= 11 is 3.28. The molecule has 2 aromatic rings. The number of para-hydroxylation sites is 1. The molecule has 4 aliphatic carbocycles. The summed E-state index contributed by atoms with van der Waals surface area (Å²) in [5, 5.41) is 0. The molecule has 180 valence electrons. The van der Waals surface area contributed by atoms with Crippen molar-refractivity contribution in [3.63, 3.8) is 0 Å². The third-order valence-corrected chi connectivity index (χ3v) is 8.40. The van der Waals surface area contributed by atoms with Crippen LogP contribution in [0.15, 0.2) is 65.2 Å². The molecule has 5 nitrogen and oxygen atoms in total. The Hall–Kier alpha value is -2.94. The molecule has 35 heavy (non-hydrogen) atoms. The van der Waals surface area contributed by atoms with Crippen molar-refractivity contribution in [2.75, 3.05) is 11.6 Å². The van der Waals surface area contributed by atoms with Crippen LogP contribution >= 0.6 is 15.9 Å². The van der Waals surface area contributed by atoms with Crippen molar-refractivity contribution < 1.29 is 27.6 Å². The van der Waals surface area contributed by atoms with Gasteiger partial charge in [-0.2, -0.15) is 13.2 Å². The molecular formula is C26H20BrF3N2O3. The van der Waals surface area contributed by atoms with E-state index in [1.807, 2.05) is 12.2 Å². The van der Waals surface area contributed by atoms with E-state index in [4.69, 9.17) is 0 Å². The van der Waals surface area contributed by atoms with Crippen LogP contribution in [0.1, 0.15) is 22.3 Å². The molecule has 1 heterocycles. The van der Waals surface area contributed by atoms with Crippen molar-refractivity contribution in [3.8, 4) is 0 Å². The molecule has 2 aromatic carbocycles. The number of hydrogen-bond donors (Lipinski definition) is 0. The first kappa shape index (κ1) is 22.5. The highest BCUT2D eigenvalue weighted by atomic mass is 79.9. The van der Waals surface area contributed by atoms with Crippen LogP contribution in [-0.4, -0.2) is 29.3 Å². The van der Waals surface area contributed by atoms with Gasteiger partial charge in [-0.25, -0.2) is 0 Å². The molecule has 2 bridgehead atoms. The van der Waals surface area contributed by atoms with Gasteiger partial charge in [0.1, 0.15) is 6.67 Å². The molecule has 0 aromatic heterocycles. The van der Waals surface area contributed by atoms with Gasteiger partial charge in [0.05, 0.1) is 23.1 Å². The minimum atomic E-state index is -4.73. The molecular weight excluding hydrogens is 525 g/mol. The van der Waals surface area contributed by atoms with Crippen molar-refractivity contribution in [1.82, 2.24) is 4.90 Å². The summed E-state index contributed by atoms with van der Waals surface area (Å²) in [5.41, 5.74) is -1.26. The maximum Gasteiger partial charge on any atom is 0.418 e. The molecule has 6 atom stereocenters. The van der Waals surface area contributed by atoms with E-state index in [1.54, 1.807) is 12.1 Å². The van der Waals surface area contributed by atoms with Gasteiger partial charge in [-0.1, -0.05) is 40.2 Å². The van der Waals surface area contributed by atoms with Crippen LogP contribution in [0.25, 0.3) is 0 Å². The molecule has 0 N–H and O–H groups in total. The summed E-state index contributed by atoms with van der Waals surface area (Å²) in [4.78, 5) is 42.4. The first-order chi connectivity index (χ1) is 16.7. The fourth-order valence-corrected chi connectivity index (χ4v) is 6.51. The summed E-state index contributed by atoms with van der Waals surface area (Å²) < 4.78 is 42.4. The number of allylic oxidation sites excluding steroid dienone is 2. The summed E-state index contributed by atoms with van der Waals surface area (Å²) in [6.45, 7) is -0.568. The maximum absolute atomic E-state index is 13.9. The van der Waals surface area contributed by atoms with Crippen molar-refractivity contribution in [2.45, 2.75) is 12.6 Å². The van der Waals surface area contributed by atoms with Gasteiger partial charge in [0.2, 0.25) is 11.8 Å². The Bertz CT molecular complexity index is 1240. The highest BCUT2D eigenvalue weighted by Crippen LogP contribution is 2.65. The third-order valence-electron chi connectivity index (χ3n) is 7.87. The molecule has 3 amide bonds. The zero-order chi connectivity index (χ0) is 24.6. The standard InChI is InChI=1S/C26H20BrF3N2O3/c27-14-7-5-13(6-8-14)23(33)31(20-4-2-1-3-19(20)26(28,29)30)12-32-24(34)21-15-9-10-16(18-11-17(15)18)22(21)25(32)35/h1-10,15-18,21-22H,11-12H2. The molecule has 5 aliphatic rings. The lowest BCUT2D eigenvalue weighted by Crippen LogP contribution is -2.45. The molecule has 3 fully saturated rings. The Labute approximate surface area is 207 Å². The summed E-state index contributed by atoms with van der Waals surface area (Å²) in [6.07, 6.45) is 0.325. The molecule has 9 heteroatoms. The number of anilines is 1. The van der Waals surface area contributed by atoms with E-state index in [9.17, 15) is 27.6 Å². The zero-order valence-electron chi connectivity index (χ0n) is 18.3. The van der Waals surface area contributed by atoms with Gasteiger partial charge in [0.25, 0.3) is 5.91 Å². The fraction of sp³-hybridized carbons (Fsp3) is 0.346. The predicted octanol–water partition coefficient (Wildman–Crippen LogP) is 5.13. The second-order valence-corrected chi connectivity index (χ2v) is 10.6. The number of alkyl halides is 3. The van der Waals surface area contributed by atoms with Gasteiger partial charge < -0.3 is 0 Å². The van der Waals surface area contributed by atoms with E-state index < -0.39 is 53.7 Å². The van der Waals surface area contributed by atoms with E-state index in [1.165, 1.54) is 30.3 Å². The predicted molar refractivity (Wildman–Crippen MR) is 124 cm³/mol. The lowest BCUT2D eigenvalue weighted by Gasteiger charge is -2.37. The van der Waals surface area contributed by atoms with Gasteiger partial charge in [-0.15, -0.1) is 0 Å². The monoisotopic (exact) mass is 544 g/mol. The molecule has 0 radical (unpaired) electrons. The van der Waals surface area contributed by atoms with E-state index in [0.29, 0.717) is 16.3 Å². The van der Waals surface area contributed by atoms with Crippen molar-refractivity contribution >= 4 is 39.3 Å².